The summed E-state index contributed by atoms with van der Waals surface area (Å²) in [5, 5.41) is 7.92. The molecule has 23 heavy (non-hydrogen) atoms. The molecule has 0 saturated carbocycles. The van der Waals surface area contributed by atoms with Crippen molar-refractivity contribution in [2.45, 2.75) is 6.54 Å². The van der Waals surface area contributed by atoms with Gasteiger partial charge in [-0.3, -0.25) is 14.8 Å². The van der Waals surface area contributed by atoms with E-state index in [1.807, 2.05) is 35.2 Å². The van der Waals surface area contributed by atoms with Crippen LogP contribution in [-0.2, 0) is 6.54 Å². The Morgan fingerprint density at radius 1 is 1.17 bits per heavy atom. The molecule has 3 aromatic rings. The van der Waals surface area contributed by atoms with Crippen molar-refractivity contribution in [2.75, 3.05) is 26.2 Å². The van der Waals surface area contributed by atoms with Crippen LogP contribution in [0.2, 0.25) is 0 Å². The molecule has 0 aliphatic carbocycles. The summed E-state index contributed by atoms with van der Waals surface area (Å²) >= 11 is 0. The molecule has 0 spiro atoms. The predicted octanol–water partition coefficient (Wildman–Crippen LogP) is 2.11. The van der Waals surface area contributed by atoms with E-state index in [1.54, 1.807) is 12.5 Å². The van der Waals surface area contributed by atoms with Crippen molar-refractivity contribution in [2.24, 2.45) is 0 Å². The summed E-state index contributed by atoms with van der Waals surface area (Å²) in [5.41, 5.74) is 1.51. The number of hydrogen-bond donors (Lipinski definition) is 1. The van der Waals surface area contributed by atoms with Crippen molar-refractivity contribution in [1.29, 1.82) is 0 Å². The summed E-state index contributed by atoms with van der Waals surface area (Å²) in [6.07, 6.45) is 3.44. The number of rotatable bonds is 3. The van der Waals surface area contributed by atoms with Gasteiger partial charge in [0.1, 0.15) is 5.76 Å². The fourth-order valence-electron chi connectivity index (χ4n) is 3.05. The van der Waals surface area contributed by atoms with Gasteiger partial charge in [0, 0.05) is 31.6 Å². The molecule has 118 valence electrons. The first kappa shape index (κ1) is 14.0. The zero-order chi connectivity index (χ0) is 15.6. The van der Waals surface area contributed by atoms with Crippen LogP contribution in [0.1, 0.15) is 16.1 Å². The zero-order valence-corrected chi connectivity index (χ0v) is 12.7. The van der Waals surface area contributed by atoms with E-state index in [0.29, 0.717) is 5.56 Å². The first-order valence-corrected chi connectivity index (χ1v) is 7.77. The number of benzene rings is 1. The summed E-state index contributed by atoms with van der Waals surface area (Å²) in [5.74, 6) is 1.03. The lowest BCUT2D eigenvalue weighted by Crippen LogP contribution is -2.48. The maximum absolute atomic E-state index is 12.8. The normalized spacial score (nSPS) is 16.1. The second kappa shape index (κ2) is 5.89. The summed E-state index contributed by atoms with van der Waals surface area (Å²) in [4.78, 5) is 17.0. The maximum Gasteiger partial charge on any atom is 0.256 e. The quantitative estimate of drug-likeness (QED) is 0.805. The van der Waals surface area contributed by atoms with Crippen molar-refractivity contribution >= 4 is 16.8 Å². The third-order valence-electron chi connectivity index (χ3n) is 4.33. The molecule has 0 radical (unpaired) electrons. The second-order valence-corrected chi connectivity index (χ2v) is 5.79. The highest BCUT2D eigenvalue weighted by Crippen LogP contribution is 2.18. The molecule has 1 saturated heterocycles. The minimum Gasteiger partial charge on any atom is -0.468 e. The number of furan rings is 1. The molecule has 1 amide bonds. The Morgan fingerprint density at radius 2 is 2.04 bits per heavy atom. The number of hydrogen-bond acceptors (Lipinski definition) is 4. The van der Waals surface area contributed by atoms with Gasteiger partial charge in [0.15, 0.2) is 0 Å². The Morgan fingerprint density at radius 3 is 2.83 bits per heavy atom. The molecule has 3 heterocycles. The number of fused-ring (bicyclic) bond motifs is 1. The van der Waals surface area contributed by atoms with Crippen molar-refractivity contribution < 1.29 is 9.21 Å². The topological polar surface area (TPSA) is 65.4 Å². The highest BCUT2D eigenvalue weighted by molar-refractivity contribution is 6.05. The second-order valence-electron chi connectivity index (χ2n) is 5.79. The number of H-pyrrole nitrogens is 1. The van der Waals surface area contributed by atoms with Crippen LogP contribution in [0, 0.1) is 0 Å². The Balaban J connectivity index is 1.44. The summed E-state index contributed by atoms with van der Waals surface area (Å²) in [6.45, 7) is 3.95. The number of carbonyl (C=O) groups is 1. The van der Waals surface area contributed by atoms with E-state index in [9.17, 15) is 4.79 Å². The van der Waals surface area contributed by atoms with E-state index in [4.69, 9.17) is 4.42 Å². The Kier molecular flexibility index (Phi) is 3.59. The van der Waals surface area contributed by atoms with Gasteiger partial charge in [-0.1, -0.05) is 12.1 Å². The van der Waals surface area contributed by atoms with Crippen LogP contribution in [-0.4, -0.2) is 52.1 Å². The molecule has 4 rings (SSSR count). The molecule has 0 atom stereocenters. The van der Waals surface area contributed by atoms with Crippen LogP contribution in [0.3, 0.4) is 0 Å². The first-order valence-electron chi connectivity index (χ1n) is 7.77. The third-order valence-corrected chi connectivity index (χ3v) is 4.33. The molecule has 6 nitrogen and oxygen atoms in total. The van der Waals surface area contributed by atoms with E-state index >= 15 is 0 Å². The van der Waals surface area contributed by atoms with Gasteiger partial charge in [-0.05, 0) is 18.2 Å². The molecule has 1 aromatic carbocycles. The maximum atomic E-state index is 12.8. The summed E-state index contributed by atoms with van der Waals surface area (Å²) in [7, 11) is 0. The van der Waals surface area contributed by atoms with E-state index in [1.165, 1.54) is 0 Å². The lowest BCUT2D eigenvalue weighted by atomic mass is 10.1. The smallest absolute Gasteiger partial charge is 0.256 e. The van der Waals surface area contributed by atoms with Gasteiger partial charge in [-0.25, -0.2) is 0 Å². The number of para-hydroxylation sites is 1. The van der Waals surface area contributed by atoms with Crippen molar-refractivity contribution in [3.63, 3.8) is 0 Å². The Labute approximate surface area is 133 Å². The average molecular weight is 310 g/mol. The minimum absolute atomic E-state index is 0.0671. The predicted molar refractivity (Wildman–Crippen MR) is 86.0 cm³/mol. The standard InChI is InChI=1S/C17H18N4O2/c22-17(15-5-1-3-13-11-18-19-16(13)15)21-8-6-20(7-9-21)12-14-4-2-10-23-14/h1-5,10-11H,6-9,12H2,(H,18,19). The van der Waals surface area contributed by atoms with Gasteiger partial charge in [-0.2, -0.15) is 5.10 Å². The van der Waals surface area contributed by atoms with E-state index in [0.717, 1.165) is 49.4 Å². The number of nitrogens with one attached hydrogen (secondary N) is 1. The Hall–Kier alpha value is -2.60. The van der Waals surface area contributed by atoms with Gasteiger partial charge < -0.3 is 9.32 Å². The number of carbonyl (C=O) groups excluding carboxylic acids is 1. The van der Waals surface area contributed by atoms with Gasteiger partial charge >= 0.3 is 0 Å². The molecule has 1 N–H and O–H groups in total. The largest absolute Gasteiger partial charge is 0.468 e. The molecule has 0 bridgehead atoms. The fourth-order valence-corrected chi connectivity index (χ4v) is 3.05. The van der Waals surface area contributed by atoms with Crippen LogP contribution in [0.4, 0.5) is 0 Å². The number of amides is 1. The number of nitrogens with zero attached hydrogens (tertiary/aromatic N) is 3. The van der Waals surface area contributed by atoms with Crippen molar-refractivity contribution in [3.8, 4) is 0 Å². The molecule has 2 aromatic heterocycles. The SMILES string of the molecule is O=C(c1cccc2cn[nH]c12)N1CCN(Cc2ccco2)CC1. The van der Waals surface area contributed by atoms with Gasteiger partial charge in [0.2, 0.25) is 0 Å². The summed E-state index contributed by atoms with van der Waals surface area (Å²) in [6, 6.07) is 9.60. The monoisotopic (exact) mass is 310 g/mol. The third kappa shape index (κ3) is 2.73. The van der Waals surface area contributed by atoms with Crippen LogP contribution >= 0.6 is 0 Å². The molecule has 1 aliphatic heterocycles. The summed E-state index contributed by atoms with van der Waals surface area (Å²) < 4.78 is 5.39. The van der Waals surface area contributed by atoms with Crippen LogP contribution in [0.15, 0.2) is 47.2 Å². The molecule has 6 heteroatoms. The van der Waals surface area contributed by atoms with Crippen LogP contribution in [0.5, 0.6) is 0 Å². The zero-order valence-electron chi connectivity index (χ0n) is 12.7. The van der Waals surface area contributed by atoms with Gasteiger partial charge in [-0.15, -0.1) is 0 Å². The van der Waals surface area contributed by atoms with Crippen molar-refractivity contribution in [1.82, 2.24) is 20.0 Å². The van der Waals surface area contributed by atoms with E-state index in [-0.39, 0.29) is 5.91 Å². The minimum atomic E-state index is 0.0671. The Bertz CT molecular complexity index is 801. The molecule has 1 aliphatic rings. The lowest BCUT2D eigenvalue weighted by molar-refractivity contribution is 0.0622. The highest BCUT2D eigenvalue weighted by Gasteiger charge is 2.24. The number of piperazine rings is 1. The molecular formula is C17H18N4O2. The van der Waals surface area contributed by atoms with Gasteiger partial charge in [0.05, 0.1) is 30.1 Å². The van der Waals surface area contributed by atoms with Crippen LogP contribution < -0.4 is 0 Å². The van der Waals surface area contributed by atoms with E-state index < -0.39 is 0 Å². The van der Waals surface area contributed by atoms with Gasteiger partial charge in [0.25, 0.3) is 5.91 Å². The number of aromatic amines is 1. The van der Waals surface area contributed by atoms with E-state index in [2.05, 4.69) is 15.1 Å². The molecule has 0 unspecified atom stereocenters. The number of aromatic nitrogens is 2. The van der Waals surface area contributed by atoms with Crippen LogP contribution in [0.25, 0.3) is 10.9 Å². The molecular weight excluding hydrogens is 292 g/mol. The fraction of sp³-hybridized carbons (Fsp3) is 0.294. The van der Waals surface area contributed by atoms with Crippen molar-refractivity contribution in [3.05, 3.63) is 54.1 Å². The average Bonchev–Trinajstić information content (AvgIpc) is 3.25. The highest BCUT2D eigenvalue weighted by atomic mass is 16.3. The first-order chi connectivity index (χ1) is 11.3. The molecule has 1 fully saturated rings. The lowest BCUT2D eigenvalue weighted by Gasteiger charge is -2.34.